The van der Waals surface area contributed by atoms with Gasteiger partial charge in [-0.2, -0.15) is 0 Å². The van der Waals surface area contributed by atoms with Crippen molar-refractivity contribution < 1.29 is 26.4 Å². The van der Waals surface area contributed by atoms with Crippen molar-refractivity contribution in [2.45, 2.75) is 18.9 Å². The lowest BCUT2D eigenvalue weighted by Gasteiger charge is -2.35. The summed E-state index contributed by atoms with van der Waals surface area (Å²) >= 11 is 0. The fourth-order valence-electron chi connectivity index (χ4n) is 3.13. The molecule has 1 aromatic carbocycles. The lowest BCUT2D eigenvalue weighted by atomic mass is 10.1. The van der Waals surface area contributed by atoms with Gasteiger partial charge in [0.25, 0.3) is 0 Å². The SMILES string of the molecule is CS(=O)(=O)N1CC(CCC(=O)N2CCS(=O)(=O)CC2)Oc2ccccc21. The molecule has 0 radical (unpaired) electrons. The Morgan fingerprint density at radius 3 is 2.54 bits per heavy atom. The molecule has 26 heavy (non-hydrogen) atoms. The van der Waals surface area contributed by atoms with E-state index < -0.39 is 26.0 Å². The third-order valence-corrected chi connectivity index (χ3v) is 7.33. The molecule has 1 saturated heterocycles. The minimum absolute atomic E-state index is 0.00605. The highest BCUT2D eigenvalue weighted by molar-refractivity contribution is 7.92. The number of hydrogen-bond acceptors (Lipinski definition) is 6. The molecule has 1 fully saturated rings. The molecular weight excluding hydrogens is 380 g/mol. The van der Waals surface area contributed by atoms with Gasteiger partial charge in [0.2, 0.25) is 15.9 Å². The molecule has 2 aliphatic rings. The molecule has 0 saturated carbocycles. The van der Waals surface area contributed by atoms with E-state index in [9.17, 15) is 21.6 Å². The Hall–Kier alpha value is -1.81. The third-order valence-electron chi connectivity index (χ3n) is 4.57. The highest BCUT2D eigenvalue weighted by Crippen LogP contribution is 2.35. The van der Waals surface area contributed by atoms with E-state index in [0.717, 1.165) is 6.26 Å². The number of carbonyl (C=O) groups is 1. The van der Waals surface area contributed by atoms with Crippen molar-refractivity contribution in [3.8, 4) is 5.75 Å². The zero-order valence-electron chi connectivity index (χ0n) is 14.5. The molecule has 8 nitrogen and oxygen atoms in total. The third kappa shape index (κ3) is 4.29. The Morgan fingerprint density at radius 2 is 1.88 bits per heavy atom. The number of fused-ring (bicyclic) bond motifs is 1. The number of carbonyl (C=O) groups excluding carboxylic acids is 1. The van der Waals surface area contributed by atoms with E-state index in [2.05, 4.69) is 0 Å². The molecule has 3 rings (SSSR count). The van der Waals surface area contributed by atoms with Gasteiger partial charge in [-0.15, -0.1) is 0 Å². The van der Waals surface area contributed by atoms with Gasteiger partial charge in [0.05, 0.1) is 30.0 Å². The van der Waals surface area contributed by atoms with Crippen LogP contribution in [0.5, 0.6) is 5.75 Å². The summed E-state index contributed by atoms with van der Waals surface area (Å²) in [4.78, 5) is 13.9. The van der Waals surface area contributed by atoms with Gasteiger partial charge in [0.1, 0.15) is 11.9 Å². The molecule has 2 aliphatic heterocycles. The number of amides is 1. The number of sulfonamides is 1. The zero-order valence-corrected chi connectivity index (χ0v) is 16.1. The number of rotatable bonds is 4. The Morgan fingerprint density at radius 1 is 1.23 bits per heavy atom. The van der Waals surface area contributed by atoms with Gasteiger partial charge < -0.3 is 9.64 Å². The Bertz CT molecular complexity index is 883. The molecule has 0 aromatic heterocycles. The van der Waals surface area contributed by atoms with Crippen LogP contribution in [0.3, 0.4) is 0 Å². The first-order valence-electron chi connectivity index (χ1n) is 8.37. The molecule has 0 bridgehead atoms. The molecule has 0 spiro atoms. The summed E-state index contributed by atoms with van der Waals surface area (Å²) in [6.45, 7) is 0.577. The van der Waals surface area contributed by atoms with Crippen molar-refractivity contribution in [3.63, 3.8) is 0 Å². The van der Waals surface area contributed by atoms with Crippen LogP contribution in [-0.4, -0.2) is 71.1 Å². The number of sulfone groups is 1. The number of ether oxygens (including phenoxy) is 1. The van der Waals surface area contributed by atoms with Gasteiger partial charge in [0.15, 0.2) is 9.84 Å². The Kier molecular flexibility index (Phi) is 5.16. The van der Waals surface area contributed by atoms with Gasteiger partial charge in [0, 0.05) is 19.5 Å². The maximum absolute atomic E-state index is 12.3. The zero-order chi connectivity index (χ0) is 18.9. The van der Waals surface area contributed by atoms with Crippen LogP contribution in [-0.2, 0) is 24.7 Å². The fourth-order valence-corrected chi connectivity index (χ4v) is 5.28. The van der Waals surface area contributed by atoms with E-state index in [-0.39, 0.29) is 43.5 Å². The van der Waals surface area contributed by atoms with E-state index in [0.29, 0.717) is 17.9 Å². The van der Waals surface area contributed by atoms with Crippen LogP contribution in [0.1, 0.15) is 12.8 Å². The van der Waals surface area contributed by atoms with Crippen molar-refractivity contribution >= 4 is 31.5 Å². The van der Waals surface area contributed by atoms with E-state index in [4.69, 9.17) is 4.74 Å². The minimum Gasteiger partial charge on any atom is -0.486 e. The molecule has 1 aromatic rings. The van der Waals surface area contributed by atoms with Crippen LogP contribution in [0.15, 0.2) is 24.3 Å². The first-order chi connectivity index (χ1) is 12.2. The van der Waals surface area contributed by atoms with E-state index in [1.807, 2.05) is 0 Å². The molecule has 1 atom stereocenters. The van der Waals surface area contributed by atoms with Crippen molar-refractivity contribution in [2.24, 2.45) is 0 Å². The number of para-hydroxylation sites is 2. The highest BCUT2D eigenvalue weighted by atomic mass is 32.2. The molecule has 1 unspecified atom stereocenters. The monoisotopic (exact) mass is 402 g/mol. The van der Waals surface area contributed by atoms with Gasteiger partial charge in [-0.25, -0.2) is 16.8 Å². The molecule has 144 valence electrons. The predicted octanol–water partition coefficient (Wildman–Crippen LogP) is 0.251. The molecule has 2 heterocycles. The normalized spacial score (nSPS) is 22.4. The fraction of sp³-hybridized carbons (Fsp3) is 0.562. The van der Waals surface area contributed by atoms with Crippen LogP contribution in [0.2, 0.25) is 0 Å². The molecule has 1 amide bonds. The first kappa shape index (κ1) is 19.0. The average Bonchev–Trinajstić information content (AvgIpc) is 2.58. The largest absolute Gasteiger partial charge is 0.486 e. The summed E-state index contributed by atoms with van der Waals surface area (Å²) in [6, 6.07) is 6.90. The van der Waals surface area contributed by atoms with Crippen molar-refractivity contribution in [1.29, 1.82) is 0 Å². The van der Waals surface area contributed by atoms with Gasteiger partial charge in [-0.1, -0.05) is 12.1 Å². The Balaban J connectivity index is 1.63. The Labute approximate surface area is 153 Å². The lowest BCUT2D eigenvalue weighted by molar-refractivity contribution is -0.131. The second-order valence-electron chi connectivity index (χ2n) is 6.57. The van der Waals surface area contributed by atoms with Crippen LogP contribution in [0.25, 0.3) is 0 Å². The standard InChI is InChI=1S/C16H22N2O6S2/c1-25(20,21)18-12-13(24-15-5-3-2-4-14(15)18)6-7-16(19)17-8-10-26(22,23)11-9-17/h2-5,13H,6-12H2,1H3. The summed E-state index contributed by atoms with van der Waals surface area (Å²) in [5.74, 6) is 0.334. The summed E-state index contributed by atoms with van der Waals surface area (Å²) in [5.41, 5.74) is 0.499. The molecule has 10 heteroatoms. The molecule has 0 N–H and O–H groups in total. The summed E-state index contributed by atoms with van der Waals surface area (Å²) < 4.78 is 54.2. The number of nitrogens with zero attached hydrogens (tertiary/aromatic N) is 2. The van der Waals surface area contributed by atoms with Gasteiger partial charge in [-0.3, -0.25) is 9.10 Å². The van der Waals surface area contributed by atoms with Crippen LogP contribution < -0.4 is 9.04 Å². The predicted molar refractivity (Wildman–Crippen MR) is 97.5 cm³/mol. The first-order valence-corrected chi connectivity index (χ1v) is 12.0. The van der Waals surface area contributed by atoms with E-state index >= 15 is 0 Å². The smallest absolute Gasteiger partial charge is 0.232 e. The summed E-state index contributed by atoms with van der Waals surface area (Å²) in [5, 5.41) is 0. The molecular formula is C16H22N2O6S2. The van der Waals surface area contributed by atoms with Gasteiger partial charge in [-0.05, 0) is 18.6 Å². The second kappa shape index (κ2) is 7.07. The maximum Gasteiger partial charge on any atom is 0.232 e. The van der Waals surface area contributed by atoms with Crippen molar-refractivity contribution in [1.82, 2.24) is 4.90 Å². The molecule has 0 aliphatic carbocycles. The maximum atomic E-state index is 12.3. The van der Waals surface area contributed by atoms with E-state index in [1.165, 1.54) is 4.31 Å². The van der Waals surface area contributed by atoms with Crippen molar-refractivity contribution in [3.05, 3.63) is 24.3 Å². The van der Waals surface area contributed by atoms with Crippen LogP contribution >= 0.6 is 0 Å². The van der Waals surface area contributed by atoms with Crippen molar-refractivity contribution in [2.75, 3.05) is 41.7 Å². The van der Waals surface area contributed by atoms with Crippen LogP contribution in [0, 0.1) is 0 Å². The van der Waals surface area contributed by atoms with Gasteiger partial charge >= 0.3 is 0 Å². The topological polar surface area (TPSA) is 101 Å². The van der Waals surface area contributed by atoms with Crippen LogP contribution in [0.4, 0.5) is 5.69 Å². The number of anilines is 1. The second-order valence-corrected chi connectivity index (χ2v) is 10.8. The number of benzene rings is 1. The minimum atomic E-state index is -3.45. The summed E-state index contributed by atoms with van der Waals surface area (Å²) in [6.07, 6.45) is 1.26. The lowest BCUT2D eigenvalue weighted by Crippen LogP contribution is -2.45. The quantitative estimate of drug-likeness (QED) is 0.716. The highest BCUT2D eigenvalue weighted by Gasteiger charge is 2.32. The average molecular weight is 402 g/mol. The van der Waals surface area contributed by atoms with E-state index in [1.54, 1.807) is 29.2 Å². The number of hydrogen-bond donors (Lipinski definition) is 0. The summed E-state index contributed by atoms with van der Waals surface area (Å²) in [7, 11) is -6.49.